The second-order valence-corrected chi connectivity index (χ2v) is 5.27. The van der Waals surface area contributed by atoms with Gasteiger partial charge < -0.3 is 20.4 Å². The third-order valence-electron chi connectivity index (χ3n) is 3.35. The number of hydrogen-bond donors (Lipinski definition) is 2. The average molecular weight is 282 g/mol. The standard InChI is InChI=1S/C16H18N4O/c1-10-4-6-12(9-14(10)20(2)3)18-16-19-13-8-11(17)5-7-15(13)21-16/h4-9H,17H2,1-3H3,(H,18,19). The van der Waals surface area contributed by atoms with Crippen molar-refractivity contribution in [1.82, 2.24) is 4.98 Å². The third kappa shape index (κ3) is 2.63. The predicted octanol–water partition coefficient (Wildman–Crippen LogP) is 3.53. The maximum absolute atomic E-state index is 5.75. The largest absolute Gasteiger partial charge is 0.423 e. The van der Waals surface area contributed by atoms with Gasteiger partial charge in [0.1, 0.15) is 5.52 Å². The molecule has 0 aliphatic rings. The summed E-state index contributed by atoms with van der Waals surface area (Å²) in [5.74, 6) is 0. The molecule has 0 bridgehead atoms. The molecule has 0 radical (unpaired) electrons. The van der Waals surface area contributed by atoms with Crippen LogP contribution in [0.25, 0.3) is 11.1 Å². The Hall–Kier alpha value is -2.69. The van der Waals surface area contributed by atoms with E-state index < -0.39 is 0 Å². The Morgan fingerprint density at radius 3 is 2.71 bits per heavy atom. The number of aryl methyl sites for hydroxylation is 1. The molecule has 108 valence electrons. The van der Waals surface area contributed by atoms with Gasteiger partial charge in [-0.25, -0.2) is 0 Å². The fourth-order valence-electron chi connectivity index (χ4n) is 2.29. The summed E-state index contributed by atoms with van der Waals surface area (Å²) in [5, 5.41) is 3.19. The Balaban J connectivity index is 1.93. The molecule has 0 spiro atoms. The van der Waals surface area contributed by atoms with Crippen molar-refractivity contribution >= 4 is 34.2 Å². The molecule has 0 amide bonds. The first-order valence-electron chi connectivity index (χ1n) is 6.74. The van der Waals surface area contributed by atoms with Gasteiger partial charge in [-0.15, -0.1) is 0 Å². The summed E-state index contributed by atoms with van der Waals surface area (Å²) in [7, 11) is 4.04. The van der Waals surface area contributed by atoms with Crippen LogP contribution in [0.2, 0.25) is 0 Å². The highest BCUT2D eigenvalue weighted by Gasteiger charge is 2.08. The molecule has 0 atom stereocenters. The zero-order valence-corrected chi connectivity index (χ0v) is 12.3. The number of anilines is 4. The lowest BCUT2D eigenvalue weighted by atomic mass is 10.1. The SMILES string of the molecule is Cc1ccc(Nc2nc3cc(N)ccc3o2)cc1N(C)C. The first-order valence-corrected chi connectivity index (χ1v) is 6.74. The number of benzene rings is 2. The number of nitrogen functional groups attached to an aromatic ring is 1. The maximum atomic E-state index is 5.75. The molecule has 0 unspecified atom stereocenters. The van der Waals surface area contributed by atoms with E-state index in [4.69, 9.17) is 10.2 Å². The summed E-state index contributed by atoms with van der Waals surface area (Å²) in [6, 6.07) is 12.0. The van der Waals surface area contributed by atoms with Gasteiger partial charge in [0, 0.05) is 31.2 Å². The van der Waals surface area contributed by atoms with Crippen LogP contribution < -0.4 is 16.0 Å². The Labute approximate surface area is 123 Å². The average Bonchev–Trinajstić information content (AvgIpc) is 2.82. The Kier molecular flexibility index (Phi) is 3.17. The number of nitrogens with one attached hydrogen (secondary N) is 1. The van der Waals surface area contributed by atoms with Crippen LogP contribution in [0.5, 0.6) is 0 Å². The van der Waals surface area contributed by atoms with Gasteiger partial charge in [0.2, 0.25) is 0 Å². The van der Waals surface area contributed by atoms with Crippen molar-refractivity contribution in [2.45, 2.75) is 6.92 Å². The number of oxazole rings is 1. The lowest BCUT2D eigenvalue weighted by molar-refractivity contribution is 0.623. The minimum atomic E-state index is 0.462. The second-order valence-electron chi connectivity index (χ2n) is 5.27. The van der Waals surface area contributed by atoms with E-state index in [0.717, 1.165) is 16.9 Å². The van der Waals surface area contributed by atoms with E-state index in [1.54, 1.807) is 12.1 Å². The molecule has 3 N–H and O–H groups in total. The van der Waals surface area contributed by atoms with E-state index in [2.05, 4.69) is 34.3 Å². The zero-order chi connectivity index (χ0) is 15.0. The van der Waals surface area contributed by atoms with Gasteiger partial charge in [-0.2, -0.15) is 4.98 Å². The molecule has 3 aromatic rings. The monoisotopic (exact) mass is 282 g/mol. The lowest BCUT2D eigenvalue weighted by Gasteiger charge is -2.16. The van der Waals surface area contributed by atoms with Crippen LogP contribution in [-0.2, 0) is 0 Å². The Morgan fingerprint density at radius 1 is 1.14 bits per heavy atom. The van der Waals surface area contributed by atoms with Crippen LogP contribution in [-0.4, -0.2) is 19.1 Å². The van der Waals surface area contributed by atoms with Gasteiger partial charge in [-0.3, -0.25) is 0 Å². The quantitative estimate of drug-likeness (QED) is 0.719. The fourth-order valence-corrected chi connectivity index (χ4v) is 2.29. The highest BCUT2D eigenvalue weighted by molar-refractivity contribution is 5.79. The predicted molar refractivity (Wildman–Crippen MR) is 87.2 cm³/mol. The molecule has 2 aromatic carbocycles. The highest BCUT2D eigenvalue weighted by atomic mass is 16.4. The molecule has 1 aromatic heterocycles. The lowest BCUT2D eigenvalue weighted by Crippen LogP contribution is -2.10. The van der Waals surface area contributed by atoms with Gasteiger partial charge >= 0.3 is 0 Å². The highest BCUT2D eigenvalue weighted by Crippen LogP contribution is 2.27. The first kappa shape index (κ1) is 13.3. The van der Waals surface area contributed by atoms with Crippen molar-refractivity contribution in [3.63, 3.8) is 0 Å². The van der Waals surface area contributed by atoms with Crippen LogP contribution in [0.1, 0.15) is 5.56 Å². The number of rotatable bonds is 3. The topological polar surface area (TPSA) is 67.3 Å². The zero-order valence-electron chi connectivity index (χ0n) is 12.3. The summed E-state index contributed by atoms with van der Waals surface area (Å²) >= 11 is 0. The second kappa shape index (κ2) is 5.01. The van der Waals surface area contributed by atoms with Gasteiger partial charge in [-0.1, -0.05) is 6.07 Å². The van der Waals surface area contributed by atoms with Gasteiger partial charge in [0.15, 0.2) is 5.58 Å². The van der Waals surface area contributed by atoms with Crippen molar-refractivity contribution < 1.29 is 4.42 Å². The number of nitrogens with two attached hydrogens (primary N) is 1. The Bertz CT molecular complexity index is 792. The smallest absolute Gasteiger partial charge is 0.300 e. The van der Waals surface area contributed by atoms with E-state index >= 15 is 0 Å². The van der Waals surface area contributed by atoms with Crippen LogP contribution in [0.15, 0.2) is 40.8 Å². The molecule has 5 heteroatoms. The summed E-state index contributed by atoms with van der Waals surface area (Å²) < 4.78 is 5.67. The summed E-state index contributed by atoms with van der Waals surface area (Å²) in [4.78, 5) is 6.47. The molecular weight excluding hydrogens is 264 g/mol. The van der Waals surface area contributed by atoms with E-state index in [-0.39, 0.29) is 0 Å². The number of aromatic nitrogens is 1. The van der Waals surface area contributed by atoms with E-state index in [0.29, 0.717) is 17.3 Å². The van der Waals surface area contributed by atoms with E-state index in [1.165, 1.54) is 5.56 Å². The van der Waals surface area contributed by atoms with Crippen LogP contribution in [0, 0.1) is 6.92 Å². The minimum Gasteiger partial charge on any atom is -0.423 e. The van der Waals surface area contributed by atoms with Crippen LogP contribution in [0.4, 0.5) is 23.1 Å². The molecular formula is C16H18N4O. The van der Waals surface area contributed by atoms with Crippen molar-refractivity contribution in [1.29, 1.82) is 0 Å². The van der Waals surface area contributed by atoms with Crippen LogP contribution >= 0.6 is 0 Å². The van der Waals surface area contributed by atoms with Crippen molar-refractivity contribution in [2.75, 3.05) is 30.0 Å². The molecule has 0 fully saturated rings. The minimum absolute atomic E-state index is 0.462. The third-order valence-corrected chi connectivity index (χ3v) is 3.35. The molecule has 0 aliphatic heterocycles. The maximum Gasteiger partial charge on any atom is 0.300 e. The molecule has 3 rings (SSSR count). The molecule has 5 nitrogen and oxygen atoms in total. The summed E-state index contributed by atoms with van der Waals surface area (Å²) in [5.41, 5.74) is 11.2. The van der Waals surface area contributed by atoms with E-state index in [1.807, 2.05) is 26.2 Å². The summed E-state index contributed by atoms with van der Waals surface area (Å²) in [6.07, 6.45) is 0. The molecule has 0 aliphatic carbocycles. The molecule has 0 saturated heterocycles. The normalized spacial score (nSPS) is 10.8. The van der Waals surface area contributed by atoms with Crippen molar-refractivity contribution in [3.05, 3.63) is 42.0 Å². The number of nitrogens with zero attached hydrogens (tertiary/aromatic N) is 2. The van der Waals surface area contributed by atoms with Gasteiger partial charge in [0.25, 0.3) is 6.01 Å². The molecule has 0 saturated carbocycles. The van der Waals surface area contributed by atoms with Gasteiger partial charge in [-0.05, 0) is 42.8 Å². The van der Waals surface area contributed by atoms with Crippen molar-refractivity contribution in [2.24, 2.45) is 0 Å². The molecule has 1 heterocycles. The summed E-state index contributed by atoms with van der Waals surface area (Å²) in [6.45, 7) is 2.08. The number of fused-ring (bicyclic) bond motifs is 1. The fraction of sp³-hybridized carbons (Fsp3) is 0.188. The first-order chi connectivity index (χ1) is 10.0. The van der Waals surface area contributed by atoms with E-state index in [9.17, 15) is 0 Å². The number of hydrogen-bond acceptors (Lipinski definition) is 5. The Morgan fingerprint density at radius 2 is 1.95 bits per heavy atom. The van der Waals surface area contributed by atoms with Crippen molar-refractivity contribution in [3.8, 4) is 0 Å². The van der Waals surface area contributed by atoms with Gasteiger partial charge in [0.05, 0.1) is 0 Å². The molecule has 21 heavy (non-hydrogen) atoms. The van der Waals surface area contributed by atoms with Crippen LogP contribution in [0.3, 0.4) is 0 Å².